The van der Waals surface area contributed by atoms with Crippen molar-refractivity contribution < 1.29 is 23.6 Å². The number of furan rings is 1. The van der Waals surface area contributed by atoms with Crippen molar-refractivity contribution in [3.05, 3.63) is 52.9 Å². The van der Waals surface area contributed by atoms with Gasteiger partial charge >= 0.3 is 0 Å². The van der Waals surface area contributed by atoms with Crippen LogP contribution in [0.1, 0.15) is 48.7 Å². The molecule has 3 aromatic rings. The van der Waals surface area contributed by atoms with Gasteiger partial charge in [0.05, 0.1) is 24.5 Å². The van der Waals surface area contributed by atoms with Crippen LogP contribution in [0.5, 0.6) is 5.75 Å². The average molecular weight is 488 g/mol. The van der Waals surface area contributed by atoms with Gasteiger partial charge in [0.2, 0.25) is 11.3 Å². The van der Waals surface area contributed by atoms with E-state index in [0.29, 0.717) is 32.1 Å². The third-order valence-corrected chi connectivity index (χ3v) is 6.23. The number of phenols is 1. The van der Waals surface area contributed by atoms with Gasteiger partial charge in [-0.3, -0.25) is 4.79 Å². The van der Waals surface area contributed by atoms with Gasteiger partial charge in [-0.05, 0) is 36.6 Å². The van der Waals surface area contributed by atoms with Crippen LogP contribution in [0.25, 0.3) is 0 Å². The van der Waals surface area contributed by atoms with Gasteiger partial charge in [0.1, 0.15) is 17.6 Å². The minimum atomic E-state index is -1.73. The topological polar surface area (TPSA) is 139 Å². The van der Waals surface area contributed by atoms with Crippen molar-refractivity contribution in [3.8, 4) is 5.75 Å². The lowest BCUT2D eigenvalue weighted by Crippen LogP contribution is -2.40. The van der Waals surface area contributed by atoms with Gasteiger partial charge in [0.25, 0.3) is 5.91 Å². The monoisotopic (exact) mass is 487 g/mol. The van der Waals surface area contributed by atoms with Crippen molar-refractivity contribution in [1.29, 1.82) is 0 Å². The number of aromatic nitrogens is 2. The van der Waals surface area contributed by atoms with E-state index < -0.39 is 11.1 Å². The molecule has 0 spiro atoms. The lowest BCUT2D eigenvalue weighted by atomic mass is 9.86. The number of carbonyl (C=O) groups is 1. The van der Waals surface area contributed by atoms with Crippen molar-refractivity contribution in [3.63, 3.8) is 0 Å². The number of amides is 1. The van der Waals surface area contributed by atoms with Crippen LogP contribution >= 0.6 is 11.1 Å². The number of aromatic amines is 1. The highest BCUT2D eigenvalue weighted by atomic mass is 32.2. The van der Waals surface area contributed by atoms with Crippen molar-refractivity contribution >= 4 is 28.6 Å². The zero-order valence-electron chi connectivity index (χ0n) is 19.6. The van der Waals surface area contributed by atoms with Crippen molar-refractivity contribution in [1.82, 2.24) is 13.6 Å². The van der Waals surface area contributed by atoms with Crippen molar-refractivity contribution in [2.75, 3.05) is 31.6 Å². The highest BCUT2D eigenvalue weighted by molar-refractivity contribution is 7.13. The summed E-state index contributed by atoms with van der Waals surface area (Å²) in [4.78, 5) is 19.3. The number of rotatable bonds is 5. The number of hydrogen-bond donors (Lipinski definition) is 3. The van der Waals surface area contributed by atoms with Crippen molar-refractivity contribution in [2.45, 2.75) is 33.7 Å². The molecule has 11 heteroatoms. The smallest absolute Gasteiger partial charge is 0.257 e. The minimum Gasteiger partial charge on any atom is -0.548 e. The summed E-state index contributed by atoms with van der Waals surface area (Å²) in [6.07, 6.45) is 0. The number of H-pyrrole nitrogens is 1. The molecule has 3 heterocycles. The quantitative estimate of drug-likeness (QED) is 0.369. The predicted molar refractivity (Wildman–Crippen MR) is 127 cm³/mol. The van der Waals surface area contributed by atoms with Crippen LogP contribution in [-0.4, -0.2) is 55.5 Å². The van der Waals surface area contributed by atoms with Crippen LogP contribution in [0.2, 0.25) is 0 Å². The Labute approximate surface area is 200 Å². The number of nitrogens with zero attached hydrogens (tertiary/aromatic N) is 3. The predicted octanol–water partition coefficient (Wildman–Crippen LogP) is 3.65. The number of anilines is 2. The van der Waals surface area contributed by atoms with E-state index >= 15 is 0 Å². The van der Waals surface area contributed by atoms with Gasteiger partial charge in [-0.25, -0.2) is 4.99 Å². The highest BCUT2D eigenvalue weighted by Crippen LogP contribution is 2.37. The second-order valence-electron chi connectivity index (χ2n) is 9.22. The second-order valence-corrected chi connectivity index (χ2v) is 10.1. The molecule has 1 aliphatic rings. The van der Waals surface area contributed by atoms with Crippen LogP contribution in [0.3, 0.4) is 0 Å². The third-order valence-electron chi connectivity index (χ3n) is 5.51. The summed E-state index contributed by atoms with van der Waals surface area (Å²) in [7, 11) is 0. The summed E-state index contributed by atoms with van der Waals surface area (Å²) in [6.45, 7) is 9.80. The molecule has 0 saturated carbocycles. The lowest BCUT2D eigenvalue weighted by molar-refractivity contribution is 0.0301. The Morgan fingerprint density at radius 1 is 1.29 bits per heavy atom. The molecule has 2 atom stereocenters. The summed E-state index contributed by atoms with van der Waals surface area (Å²) < 4.78 is 30.2. The number of aromatic hydroxyl groups is 1. The number of benzene rings is 1. The largest absolute Gasteiger partial charge is 0.548 e. The fourth-order valence-electron chi connectivity index (χ4n) is 3.74. The molecule has 1 fully saturated rings. The summed E-state index contributed by atoms with van der Waals surface area (Å²) in [5, 5.41) is 13.8. The first-order valence-corrected chi connectivity index (χ1v) is 12.1. The molecular formula is C23H29N5O5S. The van der Waals surface area contributed by atoms with E-state index in [1.165, 1.54) is 0 Å². The molecule has 182 valence electrons. The first kappa shape index (κ1) is 24.0. The molecule has 1 amide bonds. The van der Waals surface area contributed by atoms with Crippen LogP contribution in [0.15, 0.2) is 39.7 Å². The lowest BCUT2D eigenvalue weighted by Gasteiger charge is -2.27. The molecule has 3 N–H and O–H groups in total. The van der Waals surface area contributed by atoms with E-state index in [-0.39, 0.29) is 45.7 Å². The number of hydrogen-bond acceptors (Lipinski definition) is 8. The summed E-state index contributed by atoms with van der Waals surface area (Å²) >= 11 is -1.73. The van der Waals surface area contributed by atoms with Gasteiger partial charge in [-0.15, -0.1) is 4.37 Å². The fraction of sp³-hybridized carbons (Fsp3) is 0.435. The number of phenolic OH excluding ortho intramolecular Hbond substituents is 1. The zero-order chi connectivity index (χ0) is 24.5. The Kier molecular flexibility index (Phi) is 6.78. The Balaban J connectivity index is 1.68. The molecular weight excluding hydrogens is 458 g/mol. The van der Waals surface area contributed by atoms with E-state index in [2.05, 4.69) is 14.1 Å². The average Bonchev–Trinajstić information content (AvgIpc) is 3.37. The Morgan fingerprint density at radius 2 is 2.03 bits per heavy atom. The molecule has 0 bridgehead atoms. The summed E-state index contributed by atoms with van der Waals surface area (Å²) in [6, 6.07) is 8.21. The molecule has 1 saturated heterocycles. The first-order chi connectivity index (χ1) is 16.1. The van der Waals surface area contributed by atoms with Crippen LogP contribution in [-0.2, 0) is 4.74 Å². The molecule has 4 rings (SSSR count). The number of para-hydroxylation sites is 1. The zero-order valence-corrected chi connectivity index (χ0v) is 20.4. The molecule has 0 radical (unpaired) electrons. The molecule has 2 aromatic heterocycles. The summed E-state index contributed by atoms with van der Waals surface area (Å²) in [5.41, 5.74) is 0.390. The molecule has 1 unspecified atom stereocenters. The highest BCUT2D eigenvalue weighted by Gasteiger charge is 2.30. The molecule has 1 aromatic carbocycles. The van der Waals surface area contributed by atoms with E-state index in [9.17, 15) is 14.5 Å². The van der Waals surface area contributed by atoms with Crippen LogP contribution < -0.4 is 10.8 Å². The van der Waals surface area contributed by atoms with Gasteiger partial charge < -0.3 is 29.0 Å². The summed E-state index contributed by atoms with van der Waals surface area (Å²) in [5.74, 6) is 1.15. The Morgan fingerprint density at radius 3 is 2.68 bits per heavy atom. The van der Waals surface area contributed by atoms with Crippen LogP contribution in [0, 0.1) is 12.3 Å². The maximum absolute atomic E-state index is 12.9. The molecule has 34 heavy (non-hydrogen) atoms. The van der Waals surface area contributed by atoms with Gasteiger partial charge in [0, 0.05) is 17.5 Å². The standard InChI is InChI=1S/C23H29N5O5S/c1-14-8-9-17(33-14)19(23(2,3)4)25-21-20(26-34(31)27-21)24-16-7-5-6-15(18(16)29)22(30)28-10-12-32-13-11-28/h5-9,19,29H,10-13H2,1-4H3,(H,24,26)(H,25,27)/t19-,34?/m0/s1. The maximum Gasteiger partial charge on any atom is 0.257 e. The molecule has 1 aliphatic heterocycles. The second kappa shape index (κ2) is 9.61. The molecule has 10 nitrogen and oxygen atoms in total. The number of carbonyl (C=O) groups excluding carboxylic acids is 1. The van der Waals surface area contributed by atoms with Gasteiger partial charge in [-0.1, -0.05) is 26.8 Å². The van der Waals surface area contributed by atoms with E-state index in [1.54, 1.807) is 23.1 Å². The maximum atomic E-state index is 12.9. The van der Waals surface area contributed by atoms with Crippen LogP contribution in [0.4, 0.5) is 11.5 Å². The van der Waals surface area contributed by atoms with Crippen molar-refractivity contribution in [2.24, 2.45) is 10.4 Å². The minimum absolute atomic E-state index is 0.164. The number of nitrogens with one attached hydrogen (secondary N) is 2. The number of morpholine rings is 1. The SMILES string of the molecule is Cc1ccc([C@H](N=c2[nH][s+]([O-])nc2Nc2cccc(C(=O)N3CCOCC3)c2O)C(C)(C)C)o1. The fourth-order valence-corrected chi connectivity index (χ4v) is 4.40. The van der Waals surface area contributed by atoms with E-state index in [1.807, 2.05) is 39.8 Å². The first-order valence-electron chi connectivity index (χ1n) is 11.0. The van der Waals surface area contributed by atoms with E-state index in [0.717, 1.165) is 5.76 Å². The molecule has 0 aliphatic carbocycles. The van der Waals surface area contributed by atoms with Gasteiger partial charge in [-0.2, -0.15) is 0 Å². The Hall–Kier alpha value is -3.15. The normalized spacial score (nSPS) is 16.6. The third kappa shape index (κ3) is 5.16. The van der Waals surface area contributed by atoms with E-state index in [4.69, 9.17) is 14.1 Å². The van der Waals surface area contributed by atoms with Gasteiger partial charge in [0.15, 0.2) is 16.9 Å². The number of ether oxygens (including phenoxy) is 1. The Bertz CT molecular complexity index is 1230. The number of aryl methyl sites for hydroxylation is 1.